The van der Waals surface area contributed by atoms with Crippen LogP contribution < -0.4 is 5.32 Å². The molecule has 0 fully saturated rings. The van der Waals surface area contributed by atoms with Gasteiger partial charge in [0.25, 0.3) is 0 Å². The Labute approximate surface area is 79.5 Å². The van der Waals surface area contributed by atoms with Crippen LogP contribution in [0, 0.1) is 0 Å². The first kappa shape index (κ1) is 8.36. The molecular weight excluding hydrogens is 158 g/mol. The van der Waals surface area contributed by atoms with Crippen molar-refractivity contribution < 1.29 is 0 Å². The largest absolute Gasteiger partial charge is 0.359 e. The van der Waals surface area contributed by atoms with Crippen molar-refractivity contribution in [2.75, 3.05) is 5.32 Å². The van der Waals surface area contributed by atoms with E-state index < -0.39 is 0 Å². The molecule has 2 rings (SSSR count). The van der Waals surface area contributed by atoms with E-state index in [1.54, 1.807) is 0 Å². The topological polar surface area (TPSA) is 12.0 Å². The third-order valence-electron chi connectivity index (χ3n) is 2.59. The zero-order valence-electron chi connectivity index (χ0n) is 8.06. The van der Waals surface area contributed by atoms with E-state index in [9.17, 15) is 0 Å². The maximum atomic E-state index is 3.94. The van der Waals surface area contributed by atoms with Gasteiger partial charge in [-0.15, -0.1) is 0 Å². The second kappa shape index (κ2) is 3.25. The number of anilines is 1. The van der Waals surface area contributed by atoms with E-state index in [1.165, 1.54) is 16.8 Å². The molecule has 0 amide bonds. The highest BCUT2D eigenvalue weighted by molar-refractivity contribution is 5.58. The summed E-state index contributed by atoms with van der Waals surface area (Å²) in [4.78, 5) is 0. The molecule has 13 heavy (non-hydrogen) atoms. The van der Waals surface area contributed by atoms with E-state index in [1.807, 2.05) is 0 Å². The molecule has 1 heterocycles. The first-order valence-electron chi connectivity index (χ1n) is 4.86. The predicted molar refractivity (Wildman–Crippen MR) is 56.9 cm³/mol. The van der Waals surface area contributed by atoms with Gasteiger partial charge in [0.05, 0.1) is 0 Å². The number of hydrogen-bond donors (Lipinski definition) is 1. The zero-order chi connectivity index (χ0) is 9.26. The summed E-state index contributed by atoms with van der Waals surface area (Å²) in [5.41, 5.74) is 5.24. The SMILES string of the molecule is C=C1CCc2cc(CC)ccc2N1. The lowest BCUT2D eigenvalue weighted by Gasteiger charge is -2.20. The summed E-state index contributed by atoms with van der Waals surface area (Å²) >= 11 is 0. The molecule has 1 aromatic carbocycles. The Balaban J connectivity index is 2.36. The highest BCUT2D eigenvalue weighted by Crippen LogP contribution is 2.26. The molecule has 68 valence electrons. The minimum absolute atomic E-state index is 1.07. The van der Waals surface area contributed by atoms with E-state index in [0.717, 1.165) is 25.0 Å². The van der Waals surface area contributed by atoms with Crippen molar-refractivity contribution in [2.24, 2.45) is 0 Å². The highest BCUT2D eigenvalue weighted by Gasteiger charge is 2.10. The Morgan fingerprint density at radius 1 is 1.38 bits per heavy atom. The van der Waals surface area contributed by atoms with Gasteiger partial charge in [0.15, 0.2) is 0 Å². The molecule has 1 aliphatic rings. The Kier molecular flexibility index (Phi) is 2.09. The highest BCUT2D eigenvalue weighted by atomic mass is 14.9. The Hall–Kier alpha value is -1.24. The lowest BCUT2D eigenvalue weighted by molar-refractivity contribution is 0.913. The van der Waals surface area contributed by atoms with Gasteiger partial charge in [-0.05, 0) is 36.5 Å². The average Bonchev–Trinajstić information content (AvgIpc) is 2.17. The summed E-state index contributed by atoms with van der Waals surface area (Å²) in [5.74, 6) is 0. The molecule has 0 bridgehead atoms. The quantitative estimate of drug-likeness (QED) is 0.688. The number of nitrogens with one attached hydrogen (secondary N) is 1. The summed E-state index contributed by atoms with van der Waals surface area (Å²) in [5, 5.41) is 3.32. The van der Waals surface area contributed by atoms with Crippen LogP contribution in [0.2, 0.25) is 0 Å². The first-order valence-corrected chi connectivity index (χ1v) is 4.86. The standard InChI is InChI=1S/C12H15N/c1-3-10-5-7-12-11(8-10)6-4-9(2)13-12/h5,7-8,13H,2-4,6H2,1H3. The molecule has 1 aromatic rings. The Morgan fingerprint density at radius 2 is 2.23 bits per heavy atom. The molecule has 1 N–H and O–H groups in total. The van der Waals surface area contributed by atoms with Crippen LogP contribution in [0.25, 0.3) is 0 Å². The second-order valence-electron chi connectivity index (χ2n) is 3.57. The molecule has 0 unspecified atom stereocenters. The molecule has 0 atom stereocenters. The van der Waals surface area contributed by atoms with Crippen LogP contribution in [0.1, 0.15) is 24.5 Å². The van der Waals surface area contributed by atoms with Crippen LogP contribution in [0.3, 0.4) is 0 Å². The second-order valence-corrected chi connectivity index (χ2v) is 3.57. The third kappa shape index (κ3) is 1.59. The van der Waals surface area contributed by atoms with Gasteiger partial charge >= 0.3 is 0 Å². The van der Waals surface area contributed by atoms with Gasteiger partial charge in [0, 0.05) is 11.4 Å². The predicted octanol–water partition coefficient (Wildman–Crippen LogP) is 3.12. The third-order valence-corrected chi connectivity index (χ3v) is 2.59. The van der Waals surface area contributed by atoms with Gasteiger partial charge in [-0.3, -0.25) is 0 Å². The minimum atomic E-state index is 1.07. The normalized spacial score (nSPS) is 15.0. The van der Waals surface area contributed by atoms with Gasteiger partial charge in [-0.2, -0.15) is 0 Å². The first-order chi connectivity index (χ1) is 6.29. The summed E-state index contributed by atoms with van der Waals surface area (Å²) in [6, 6.07) is 6.65. The van der Waals surface area contributed by atoms with Crippen molar-refractivity contribution in [3.8, 4) is 0 Å². The average molecular weight is 173 g/mol. The van der Waals surface area contributed by atoms with Gasteiger partial charge in [-0.25, -0.2) is 0 Å². The van der Waals surface area contributed by atoms with Crippen LogP contribution in [0.5, 0.6) is 0 Å². The number of benzene rings is 1. The molecule has 1 heteroatoms. The number of aryl methyl sites for hydroxylation is 2. The van der Waals surface area contributed by atoms with Crippen LogP contribution in [-0.4, -0.2) is 0 Å². The van der Waals surface area contributed by atoms with Crippen molar-refractivity contribution in [3.63, 3.8) is 0 Å². The molecule has 0 saturated carbocycles. The summed E-state index contributed by atoms with van der Waals surface area (Å²) < 4.78 is 0. The van der Waals surface area contributed by atoms with Crippen LogP contribution in [-0.2, 0) is 12.8 Å². The van der Waals surface area contributed by atoms with Crippen LogP contribution in [0.15, 0.2) is 30.5 Å². The fourth-order valence-corrected chi connectivity index (χ4v) is 1.73. The lowest BCUT2D eigenvalue weighted by atomic mass is 9.99. The number of allylic oxidation sites excluding steroid dienone is 1. The monoisotopic (exact) mass is 173 g/mol. The fourth-order valence-electron chi connectivity index (χ4n) is 1.73. The van der Waals surface area contributed by atoms with Gasteiger partial charge < -0.3 is 5.32 Å². The van der Waals surface area contributed by atoms with Gasteiger partial charge in [0.1, 0.15) is 0 Å². The van der Waals surface area contributed by atoms with E-state index >= 15 is 0 Å². The number of fused-ring (bicyclic) bond motifs is 1. The summed E-state index contributed by atoms with van der Waals surface area (Å²) in [7, 11) is 0. The van der Waals surface area contributed by atoms with Crippen molar-refractivity contribution in [3.05, 3.63) is 41.6 Å². The zero-order valence-corrected chi connectivity index (χ0v) is 8.06. The van der Waals surface area contributed by atoms with Crippen LogP contribution in [0.4, 0.5) is 5.69 Å². The maximum Gasteiger partial charge on any atom is 0.0414 e. The molecule has 0 aliphatic carbocycles. The van der Waals surface area contributed by atoms with Gasteiger partial charge in [0.2, 0.25) is 0 Å². The van der Waals surface area contributed by atoms with E-state index in [2.05, 4.69) is 37.0 Å². The van der Waals surface area contributed by atoms with Crippen molar-refractivity contribution in [1.82, 2.24) is 0 Å². The van der Waals surface area contributed by atoms with Crippen molar-refractivity contribution >= 4 is 5.69 Å². The minimum Gasteiger partial charge on any atom is -0.359 e. The molecule has 0 aromatic heterocycles. The summed E-state index contributed by atoms with van der Waals surface area (Å²) in [6.07, 6.45) is 3.32. The van der Waals surface area contributed by atoms with Crippen LogP contribution >= 0.6 is 0 Å². The molecule has 0 saturated heterocycles. The molecule has 0 radical (unpaired) electrons. The molecule has 1 aliphatic heterocycles. The fraction of sp³-hybridized carbons (Fsp3) is 0.333. The Morgan fingerprint density at radius 3 is 3.00 bits per heavy atom. The molecular formula is C12H15N. The molecule has 0 spiro atoms. The lowest BCUT2D eigenvalue weighted by Crippen LogP contribution is -2.09. The number of hydrogen-bond acceptors (Lipinski definition) is 1. The smallest absolute Gasteiger partial charge is 0.0414 e. The van der Waals surface area contributed by atoms with Crippen molar-refractivity contribution in [1.29, 1.82) is 0 Å². The maximum absolute atomic E-state index is 3.94. The van der Waals surface area contributed by atoms with Gasteiger partial charge in [-0.1, -0.05) is 25.6 Å². The molecule has 1 nitrogen and oxygen atoms in total. The van der Waals surface area contributed by atoms with E-state index in [4.69, 9.17) is 0 Å². The van der Waals surface area contributed by atoms with Crippen molar-refractivity contribution in [2.45, 2.75) is 26.2 Å². The van der Waals surface area contributed by atoms with E-state index in [-0.39, 0.29) is 0 Å². The van der Waals surface area contributed by atoms with E-state index in [0.29, 0.717) is 0 Å². The number of rotatable bonds is 1. The summed E-state index contributed by atoms with van der Waals surface area (Å²) in [6.45, 7) is 6.14. The Bertz CT molecular complexity index is 339.